The molecule has 1 N–H and O–H groups in total. The summed E-state index contributed by atoms with van der Waals surface area (Å²) in [5.41, 5.74) is 1.35. The van der Waals surface area contributed by atoms with Crippen molar-refractivity contribution in [3.63, 3.8) is 0 Å². The van der Waals surface area contributed by atoms with E-state index in [1.54, 1.807) is 0 Å². The van der Waals surface area contributed by atoms with Crippen molar-refractivity contribution < 1.29 is 4.79 Å². The number of benzene rings is 1. The Balaban J connectivity index is 1.65. The minimum Gasteiger partial charge on any atom is -0.343 e. The molecule has 1 heterocycles. The molecule has 0 spiro atoms. The summed E-state index contributed by atoms with van der Waals surface area (Å²) in [4.78, 5) is 13.8. The van der Waals surface area contributed by atoms with Crippen LogP contribution < -0.4 is 5.32 Å². The maximum absolute atomic E-state index is 11.8. The third-order valence-corrected chi connectivity index (χ3v) is 5.53. The zero-order valence-corrected chi connectivity index (χ0v) is 16.5. The molecule has 3 nitrogen and oxygen atoms in total. The lowest BCUT2D eigenvalue weighted by Crippen LogP contribution is -2.37. The highest BCUT2D eigenvalue weighted by molar-refractivity contribution is 6.30. The smallest absolute Gasteiger partial charge is 0.222 e. The van der Waals surface area contributed by atoms with E-state index in [9.17, 15) is 4.79 Å². The highest BCUT2D eigenvalue weighted by Crippen LogP contribution is 2.17. The first-order valence-corrected chi connectivity index (χ1v) is 10.2. The zero-order valence-electron chi connectivity index (χ0n) is 15.8. The largest absolute Gasteiger partial charge is 0.343 e. The summed E-state index contributed by atoms with van der Waals surface area (Å²) in [5, 5.41) is 4.52. The molecule has 0 aliphatic carbocycles. The average Bonchev–Trinajstić information content (AvgIpc) is 2.61. The Kier molecular flexibility index (Phi) is 8.77. The number of hydrogen-bond acceptors (Lipinski definition) is 2. The lowest BCUT2D eigenvalue weighted by Gasteiger charge is -2.27. The third kappa shape index (κ3) is 6.99. The summed E-state index contributed by atoms with van der Waals surface area (Å²) in [7, 11) is 0. The Bertz CT molecular complexity index is 517. The van der Waals surface area contributed by atoms with Gasteiger partial charge < -0.3 is 10.2 Å². The molecule has 0 aromatic heterocycles. The van der Waals surface area contributed by atoms with Crippen molar-refractivity contribution in [2.24, 2.45) is 5.92 Å². The van der Waals surface area contributed by atoms with Crippen LogP contribution in [0.15, 0.2) is 24.3 Å². The van der Waals surface area contributed by atoms with Crippen LogP contribution in [0.4, 0.5) is 0 Å². The molecule has 4 heteroatoms. The minimum atomic E-state index is 0.349. The van der Waals surface area contributed by atoms with Gasteiger partial charge in [-0.1, -0.05) is 37.6 Å². The lowest BCUT2D eigenvalue weighted by molar-refractivity contribution is -0.133. The number of rotatable bonds is 10. The van der Waals surface area contributed by atoms with E-state index in [0.717, 1.165) is 63.2 Å². The number of likely N-dealkylation sites (tertiary alicyclic amines) is 1. The van der Waals surface area contributed by atoms with Crippen LogP contribution in [0.3, 0.4) is 0 Å². The van der Waals surface area contributed by atoms with Crippen molar-refractivity contribution >= 4 is 17.5 Å². The predicted molar refractivity (Wildman–Crippen MR) is 106 cm³/mol. The van der Waals surface area contributed by atoms with Gasteiger partial charge in [0.25, 0.3) is 0 Å². The SMILES string of the molecule is CCC(NCCCCN1CCCCC1=O)C(C)Cc1ccc(Cl)cc1. The fourth-order valence-electron chi connectivity index (χ4n) is 3.70. The van der Waals surface area contributed by atoms with Gasteiger partial charge in [0, 0.05) is 30.6 Å². The number of unbranched alkanes of at least 4 members (excludes halogenated alkanes) is 1. The van der Waals surface area contributed by atoms with Crippen molar-refractivity contribution in [3.05, 3.63) is 34.9 Å². The number of carbonyl (C=O) groups excluding carboxylic acids is 1. The molecule has 1 aliphatic rings. The zero-order chi connectivity index (χ0) is 18.1. The summed E-state index contributed by atoms with van der Waals surface area (Å²) in [6.07, 6.45) is 7.43. The third-order valence-electron chi connectivity index (χ3n) is 5.28. The van der Waals surface area contributed by atoms with E-state index >= 15 is 0 Å². The van der Waals surface area contributed by atoms with Crippen LogP contribution in [0, 0.1) is 5.92 Å². The van der Waals surface area contributed by atoms with Crippen LogP contribution in [0.5, 0.6) is 0 Å². The fourth-order valence-corrected chi connectivity index (χ4v) is 3.82. The van der Waals surface area contributed by atoms with Gasteiger partial charge in [-0.3, -0.25) is 4.79 Å². The Hall–Kier alpha value is -1.06. The van der Waals surface area contributed by atoms with Crippen LogP contribution >= 0.6 is 11.6 Å². The topological polar surface area (TPSA) is 32.3 Å². The Morgan fingerprint density at radius 3 is 2.64 bits per heavy atom. The van der Waals surface area contributed by atoms with E-state index in [4.69, 9.17) is 11.6 Å². The number of nitrogens with zero attached hydrogens (tertiary/aromatic N) is 1. The molecular formula is C21H33ClN2O. The second-order valence-electron chi connectivity index (χ2n) is 7.32. The molecule has 2 rings (SSSR count). The molecule has 2 unspecified atom stereocenters. The molecule has 25 heavy (non-hydrogen) atoms. The number of amides is 1. The maximum atomic E-state index is 11.8. The van der Waals surface area contributed by atoms with Crippen LogP contribution in [0.25, 0.3) is 0 Å². The monoisotopic (exact) mass is 364 g/mol. The minimum absolute atomic E-state index is 0.349. The summed E-state index contributed by atoms with van der Waals surface area (Å²) in [5.74, 6) is 0.942. The summed E-state index contributed by atoms with van der Waals surface area (Å²) in [6.45, 7) is 7.50. The molecule has 1 aromatic carbocycles. The molecule has 2 atom stereocenters. The first-order valence-electron chi connectivity index (χ1n) is 9.85. The van der Waals surface area contributed by atoms with Gasteiger partial charge in [-0.05, 0) is 68.7 Å². The first-order chi connectivity index (χ1) is 12.1. The van der Waals surface area contributed by atoms with Crippen molar-refractivity contribution in [2.75, 3.05) is 19.6 Å². The van der Waals surface area contributed by atoms with Gasteiger partial charge in [-0.2, -0.15) is 0 Å². The standard InChI is InChI=1S/C21H33ClN2O/c1-3-20(17(2)16-18-9-11-19(22)12-10-18)23-13-5-7-15-24-14-6-4-8-21(24)25/h9-12,17,20,23H,3-8,13-16H2,1-2H3. The second-order valence-corrected chi connectivity index (χ2v) is 7.76. The van der Waals surface area contributed by atoms with Crippen molar-refractivity contribution in [1.82, 2.24) is 10.2 Å². The van der Waals surface area contributed by atoms with E-state index in [1.807, 2.05) is 17.0 Å². The van der Waals surface area contributed by atoms with E-state index in [1.165, 1.54) is 12.0 Å². The molecule has 1 fully saturated rings. The number of piperidine rings is 1. The van der Waals surface area contributed by atoms with Gasteiger partial charge in [0.1, 0.15) is 0 Å². The van der Waals surface area contributed by atoms with Crippen molar-refractivity contribution in [3.8, 4) is 0 Å². The van der Waals surface area contributed by atoms with Crippen molar-refractivity contribution in [2.45, 2.75) is 64.8 Å². The van der Waals surface area contributed by atoms with Gasteiger partial charge in [0.15, 0.2) is 0 Å². The Labute approximate surface area is 158 Å². The van der Waals surface area contributed by atoms with Crippen molar-refractivity contribution in [1.29, 1.82) is 0 Å². The van der Waals surface area contributed by atoms with Gasteiger partial charge in [-0.15, -0.1) is 0 Å². The molecule has 0 bridgehead atoms. The summed E-state index contributed by atoms with van der Waals surface area (Å²) in [6, 6.07) is 8.73. The molecule has 140 valence electrons. The summed E-state index contributed by atoms with van der Waals surface area (Å²) >= 11 is 5.96. The van der Waals surface area contributed by atoms with E-state index in [2.05, 4.69) is 31.3 Å². The molecule has 1 saturated heterocycles. The average molecular weight is 365 g/mol. The van der Waals surface area contributed by atoms with Gasteiger partial charge in [0.2, 0.25) is 5.91 Å². The van der Waals surface area contributed by atoms with Gasteiger partial charge >= 0.3 is 0 Å². The number of nitrogens with one attached hydrogen (secondary N) is 1. The Morgan fingerprint density at radius 2 is 1.96 bits per heavy atom. The van der Waals surface area contributed by atoms with E-state index in [0.29, 0.717) is 17.9 Å². The van der Waals surface area contributed by atoms with Crippen LogP contribution in [-0.2, 0) is 11.2 Å². The molecule has 0 radical (unpaired) electrons. The molecule has 1 amide bonds. The second kappa shape index (κ2) is 10.8. The van der Waals surface area contributed by atoms with Crippen LogP contribution in [0.1, 0.15) is 57.9 Å². The molecular weight excluding hydrogens is 332 g/mol. The van der Waals surface area contributed by atoms with E-state index in [-0.39, 0.29) is 0 Å². The quantitative estimate of drug-likeness (QED) is 0.611. The highest BCUT2D eigenvalue weighted by Gasteiger charge is 2.18. The fraction of sp³-hybridized carbons (Fsp3) is 0.667. The Morgan fingerprint density at radius 1 is 1.20 bits per heavy atom. The van der Waals surface area contributed by atoms with Crippen LogP contribution in [-0.4, -0.2) is 36.5 Å². The summed E-state index contributed by atoms with van der Waals surface area (Å²) < 4.78 is 0. The number of carbonyl (C=O) groups is 1. The molecule has 1 aromatic rings. The lowest BCUT2D eigenvalue weighted by atomic mass is 9.92. The van der Waals surface area contributed by atoms with E-state index < -0.39 is 0 Å². The van der Waals surface area contributed by atoms with Gasteiger partial charge in [0.05, 0.1) is 0 Å². The molecule has 0 saturated carbocycles. The molecule has 1 aliphatic heterocycles. The first kappa shape index (κ1) is 20.3. The maximum Gasteiger partial charge on any atom is 0.222 e. The number of halogens is 1. The van der Waals surface area contributed by atoms with Crippen LogP contribution in [0.2, 0.25) is 5.02 Å². The predicted octanol–water partition coefficient (Wildman–Crippen LogP) is 4.68. The number of hydrogen-bond donors (Lipinski definition) is 1. The normalized spacial score (nSPS) is 17.6. The highest BCUT2D eigenvalue weighted by atomic mass is 35.5. The van der Waals surface area contributed by atoms with Gasteiger partial charge in [-0.25, -0.2) is 0 Å².